The number of thiazole rings is 1. The van der Waals surface area contributed by atoms with Crippen LogP contribution in [0.25, 0.3) is 0 Å². The molecule has 0 aliphatic heterocycles. The van der Waals surface area contributed by atoms with Crippen molar-refractivity contribution in [3.05, 3.63) is 52.0 Å². The summed E-state index contributed by atoms with van der Waals surface area (Å²) < 4.78 is 0. The number of amides is 1. The number of hydrogen-bond acceptors (Lipinski definition) is 3. The predicted molar refractivity (Wildman–Crippen MR) is 76.2 cm³/mol. The number of aryl methyl sites for hydroxylation is 1. The van der Waals surface area contributed by atoms with Gasteiger partial charge in [-0.25, -0.2) is 4.98 Å². The van der Waals surface area contributed by atoms with Gasteiger partial charge in [0.1, 0.15) is 5.69 Å². The average molecular weight is 272 g/mol. The molecule has 1 aromatic carbocycles. The number of aromatic nitrogens is 1. The molecular formula is C15H16N2OS. The first-order chi connectivity index (χ1) is 9.24. The molecule has 0 spiro atoms. The van der Waals surface area contributed by atoms with Crippen molar-refractivity contribution >= 4 is 17.2 Å². The molecule has 1 saturated carbocycles. The zero-order valence-electron chi connectivity index (χ0n) is 10.9. The van der Waals surface area contributed by atoms with E-state index in [1.165, 1.54) is 22.5 Å². The largest absolute Gasteiger partial charge is 0.330 e. The van der Waals surface area contributed by atoms with Gasteiger partial charge in [0, 0.05) is 18.0 Å². The van der Waals surface area contributed by atoms with E-state index in [0.717, 1.165) is 12.8 Å². The molecule has 1 fully saturated rings. The highest BCUT2D eigenvalue weighted by Crippen LogP contribution is 2.29. The quantitative estimate of drug-likeness (QED) is 0.856. The van der Waals surface area contributed by atoms with Gasteiger partial charge in [-0.15, -0.1) is 11.3 Å². The Hall–Kier alpha value is -1.68. The monoisotopic (exact) mass is 272 g/mol. The molecule has 3 nitrogen and oxygen atoms in total. The maximum atomic E-state index is 12.4. The van der Waals surface area contributed by atoms with Crippen molar-refractivity contribution in [2.45, 2.75) is 32.4 Å². The van der Waals surface area contributed by atoms with Crippen molar-refractivity contribution < 1.29 is 4.79 Å². The third-order valence-corrected chi connectivity index (χ3v) is 3.96. The Morgan fingerprint density at radius 1 is 1.37 bits per heavy atom. The summed E-state index contributed by atoms with van der Waals surface area (Å²) in [5, 5.41) is 1.83. The summed E-state index contributed by atoms with van der Waals surface area (Å²) in [6, 6.07) is 8.77. The first-order valence-electron chi connectivity index (χ1n) is 6.49. The average Bonchev–Trinajstić information content (AvgIpc) is 3.11. The summed E-state index contributed by atoms with van der Waals surface area (Å²) in [5.41, 5.74) is 4.71. The number of nitrogens with zero attached hydrogens (tertiary/aromatic N) is 2. The van der Waals surface area contributed by atoms with Gasteiger partial charge in [-0.3, -0.25) is 4.79 Å². The van der Waals surface area contributed by atoms with Gasteiger partial charge in [-0.05, 0) is 25.3 Å². The number of rotatable bonds is 4. The zero-order chi connectivity index (χ0) is 13.2. The number of carbonyl (C=O) groups excluding carboxylic acids is 1. The zero-order valence-corrected chi connectivity index (χ0v) is 11.7. The van der Waals surface area contributed by atoms with Crippen molar-refractivity contribution in [2.75, 3.05) is 0 Å². The molecule has 1 aliphatic rings. The molecule has 0 unspecified atom stereocenters. The Balaban J connectivity index is 1.78. The molecular weight excluding hydrogens is 256 g/mol. The van der Waals surface area contributed by atoms with Gasteiger partial charge in [-0.1, -0.05) is 29.8 Å². The highest BCUT2D eigenvalue weighted by atomic mass is 32.1. The van der Waals surface area contributed by atoms with E-state index >= 15 is 0 Å². The molecule has 0 saturated heterocycles. The minimum absolute atomic E-state index is 0.0596. The Morgan fingerprint density at radius 2 is 2.11 bits per heavy atom. The lowest BCUT2D eigenvalue weighted by atomic mass is 10.1. The SMILES string of the molecule is Cc1ccc(CN(C(=O)c2cscn2)C2CC2)cc1. The van der Waals surface area contributed by atoms with Gasteiger partial charge < -0.3 is 4.90 Å². The van der Waals surface area contributed by atoms with Crippen LogP contribution in [0.3, 0.4) is 0 Å². The normalized spacial score (nSPS) is 14.4. The maximum absolute atomic E-state index is 12.4. The van der Waals surface area contributed by atoms with Crippen LogP contribution >= 0.6 is 11.3 Å². The first kappa shape index (κ1) is 12.4. The molecule has 0 N–H and O–H groups in total. The van der Waals surface area contributed by atoms with Crippen LogP contribution in [0.4, 0.5) is 0 Å². The van der Waals surface area contributed by atoms with E-state index < -0.39 is 0 Å². The van der Waals surface area contributed by atoms with E-state index in [1.807, 2.05) is 10.3 Å². The molecule has 1 aliphatic carbocycles. The van der Waals surface area contributed by atoms with Gasteiger partial charge in [-0.2, -0.15) is 0 Å². The van der Waals surface area contributed by atoms with E-state index in [-0.39, 0.29) is 5.91 Å². The third kappa shape index (κ3) is 2.84. The summed E-state index contributed by atoms with van der Waals surface area (Å²) in [7, 11) is 0. The van der Waals surface area contributed by atoms with Gasteiger partial charge in [0.05, 0.1) is 5.51 Å². The van der Waals surface area contributed by atoms with E-state index in [4.69, 9.17) is 0 Å². The first-order valence-corrected chi connectivity index (χ1v) is 7.43. The molecule has 0 bridgehead atoms. The molecule has 0 atom stereocenters. The van der Waals surface area contributed by atoms with Crippen LogP contribution in [0.1, 0.15) is 34.5 Å². The third-order valence-electron chi connectivity index (χ3n) is 3.37. The summed E-state index contributed by atoms with van der Waals surface area (Å²) in [6.45, 7) is 2.75. The van der Waals surface area contributed by atoms with Crippen molar-refractivity contribution in [1.29, 1.82) is 0 Å². The Morgan fingerprint density at radius 3 is 2.68 bits per heavy atom. The predicted octanol–water partition coefficient (Wildman–Crippen LogP) is 3.26. The second-order valence-corrected chi connectivity index (χ2v) is 5.74. The molecule has 1 amide bonds. The van der Waals surface area contributed by atoms with E-state index in [2.05, 4.69) is 36.2 Å². The highest BCUT2D eigenvalue weighted by molar-refractivity contribution is 7.07. The van der Waals surface area contributed by atoms with E-state index in [1.54, 1.807) is 5.51 Å². The molecule has 0 radical (unpaired) electrons. The highest BCUT2D eigenvalue weighted by Gasteiger charge is 2.33. The van der Waals surface area contributed by atoms with Crippen molar-refractivity contribution in [3.63, 3.8) is 0 Å². The van der Waals surface area contributed by atoms with Crippen molar-refractivity contribution in [3.8, 4) is 0 Å². The van der Waals surface area contributed by atoms with Crippen LogP contribution in [0, 0.1) is 6.92 Å². The Bertz CT molecular complexity index is 558. The van der Waals surface area contributed by atoms with Crippen LogP contribution in [0.2, 0.25) is 0 Å². The van der Waals surface area contributed by atoms with Crippen LogP contribution in [-0.4, -0.2) is 21.8 Å². The van der Waals surface area contributed by atoms with Crippen molar-refractivity contribution in [2.24, 2.45) is 0 Å². The lowest BCUT2D eigenvalue weighted by molar-refractivity contribution is 0.0725. The second kappa shape index (κ2) is 5.13. The molecule has 1 aromatic heterocycles. The lowest BCUT2D eigenvalue weighted by Crippen LogP contribution is -2.32. The number of benzene rings is 1. The topological polar surface area (TPSA) is 33.2 Å². The van der Waals surface area contributed by atoms with E-state index in [0.29, 0.717) is 18.3 Å². The standard InChI is InChI=1S/C15H16N2OS/c1-11-2-4-12(5-3-11)8-17(13-6-7-13)15(18)14-9-19-10-16-14/h2-5,9-10,13H,6-8H2,1H3. The fourth-order valence-corrected chi connectivity index (χ4v) is 2.63. The summed E-state index contributed by atoms with van der Waals surface area (Å²) in [5.74, 6) is 0.0596. The fraction of sp³-hybridized carbons (Fsp3) is 0.333. The number of carbonyl (C=O) groups is 1. The molecule has 98 valence electrons. The lowest BCUT2D eigenvalue weighted by Gasteiger charge is -2.21. The molecule has 1 heterocycles. The summed E-state index contributed by atoms with van der Waals surface area (Å²) >= 11 is 1.47. The molecule has 3 rings (SSSR count). The van der Waals surface area contributed by atoms with Crippen molar-refractivity contribution in [1.82, 2.24) is 9.88 Å². The van der Waals surface area contributed by atoms with Gasteiger partial charge >= 0.3 is 0 Å². The Kier molecular flexibility index (Phi) is 3.34. The van der Waals surface area contributed by atoms with Crippen LogP contribution < -0.4 is 0 Å². The minimum Gasteiger partial charge on any atom is -0.330 e. The molecule has 4 heteroatoms. The summed E-state index contributed by atoms with van der Waals surface area (Å²) in [6.07, 6.45) is 2.23. The van der Waals surface area contributed by atoms with Crippen LogP contribution in [0.5, 0.6) is 0 Å². The van der Waals surface area contributed by atoms with Gasteiger partial charge in [0.2, 0.25) is 0 Å². The van der Waals surface area contributed by atoms with Crippen LogP contribution in [0.15, 0.2) is 35.2 Å². The molecule has 19 heavy (non-hydrogen) atoms. The van der Waals surface area contributed by atoms with Gasteiger partial charge in [0.25, 0.3) is 5.91 Å². The minimum atomic E-state index is 0.0596. The molecule has 2 aromatic rings. The van der Waals surface area contributed by atoms with E-state index in [9.17, 15) is 4.79 Å². The number of hydrogen-bond donors (Lipinski definition) is 0. The van der Waals surface area contributed by atoms with Gasteiger partial charge in [0.15, 0.2) is 0 Å². The Labute approximate surface area is 116 Å². The second-order valence-electron chi connectivity index (χ2n) is 5.02. The summed E-state index contributed by atoms with van der Waals surface area (Å²) in [4.78, 5) is 18.5. The fourth-order valence-electron chi connectivity index (χ4n) is 2.11. The van der Waals surface area contributed by atoms with Crippen LogP contribution in [-0.2, 0) is 6.54 Å². The maximum Gasteiger partial charge on any atom is 0.273 e. The smallest absolute Gasteiger partial charge is 0.273 e.